The van der Waals surface area contributed by atoms with E-state index in [0.717, 1.165) is 16.5 Å². The summed E-state index contributed by atoms with van der Waals surface area (Å²) in [7, 11) is 0. The summed E-state index contributed by atoms with van der Waals surface area (Å²) in [5.41, 5.74) is 7.11. The number of nitrogens with one attached hydrogen (secondary N) is 1. The first-order chi connectivity index (χ1) is 16.5. The molecule has 0 bridgehead atoms. The van der Waals surface area contributed by atoms with Crippen LogP contribution in [0.4, 0.5) is 15.4 Å². The number of nitrogens with two attached hydrogens (primary N) is 1. The van der Waals surface area contributed by atoms with E-state index in [1.807, 2.05) is 23.1 Å². The normalized spacial score (nSPS) is 16.3. The number of carbonyl (C=O) groups excluding carboxylic acids is 2. The number of carbonyl (C=O) groups is 2. The lowest BCUT2D eigenvalue weighted by Crippen LogP contribution is -2.63. The molecule has 2 heterocycles. The lowest BCUT2D eigenvalue weighted by Gasteiger charge is -2.42. The van der Waals surface area contributed by atoms with Crippen LogP contribution in [0.3, 0.4) is 0 Å². The Morgan fingerprint density at radius 2 is 1.83 bits per heavy atom. The van der Waals surface area contributed by atoms with Gasteiger partial charge in [0.05, 0.1) is 17.1 Å². The number of amides is 3. The van der Waals surface area contributed by atoms with E-state index in [1.54, 1.807) is 39.0 Å². The first-order valence-corrected chi connectivity index (χ1v) is 11.8. The number of benzene rings is 2. The highest BCUT2D eigenvalue weighted by Gasteiger charge is 2.35. The molecule has 1 saturated heterocycles. The zero-order valence-corrected chi connectivity index (χ0v) is 21.1. The molecule has 0 aliphatic carbocycles. The SMILES string of the molecule is CC(C)(C)OC(=O)N1CCN(c2ncnc3cc(Cl)c(-c4ccc(Cl)cc4)cc23)CC1NC(N)=O. The van der Waals surface area contributed by atoms with Crippen molar-refractivity contribution >= 4 is 52.0 Å². The Morgan fingerprint density at radius 1 is 1.11 bits per heavy atom. The maximum atomic E-state index is 12.8. The molecule has 184 valence electrons. The van der Waals surface area contributed by atoms with Gasteiger partial charge in [0.15, 0.2) is 0 Å². The minimum Gasteiger partial charge on any atom is -0.444 e. The molecule has 0 saturated carbocycles. The molecule has 1 aliphatic heterocycles. The van der Waals surface area contributed by atoms with Gasteiger partial charge in [0.25, 0.3) is 0 Å². The zero-order valence-electron chi connectivity index (χ0n) is 19.6. The largest absolute Gasteiger partial charge is 0.444 e. The molecule has 1 aromatic heterocycles. The zero-order chi connectivity index (χ0) is 25.3. The first kappa shape index (κ1) is 24.8. The van der Waals surface area contributed by atoms with E-state index in [4.69, 9.17) is 33.7 Å². The van der Waals surface area contributed by atoms with Gasteiger partial charge in [0.2, 0.25) is 0 Å². The Morgan fingerprint density at radius 3 is 2.49 bits per heavy atom. The van der Waals surface area contributed by atoms with Crippen molar-refractivity contribution < 1.29 is 14.3 Å². The Kier molecular flexibility index (Phi) is 6.91. The van der Waals surface area contributed by atoms with Crippen LogP contribution in [0.2, 0.25) is 10.0 Å². The van der Waals surface area contributed by atoms with Gasteiger partial charge in [-0.2, -0.15) is 0 Å². The Hall–Kier alpha value is -3.30. The fourth-order valence-electron chi connectivity index (χ4n) is 3.97. The topological polar surface area (TPSA) is 114 Å². The number of hydrogen-bond acceptors (Lipinski definition) is 6. The summed E-state index contributed by atoms with van der Waals surface area (Å²) in [4.78, 5) is 36.8. The van der Waals surface area contributed by atoms with Crippen molar-refractivity contribution in [2.45, 2.75) is 32.5 Å². The summed E-state index contributed by atoms with van der Waals surface area (Å²) < 4.78 is 5.51. The van der Waals surface area contributed by atoms with Crippen LogP contribution in [0.15, 0.2) is 42.7 Å². The highest BCUT2D eigenvalue weighted by atomic mass is 35.5. The summed E-state index contributed by atoms with van der Waals surface area (Å²) in [6.45, 7) is 6.37. The van der Waals surface area contributed by atoms with Gasteiger partial charge in [-0.25, -0.2) is 19.6 Å². The summed E-state index contributed by atoms with van der Waals surface area (Å²) in [6, 6.07) is 10.4. The van der Waals surface area contributed by atoms with E-state index in [-0.39, 0.29) is 6.54 Å². The number of halogens is 2. The van der Waals surface area contributed by atoms with Crippen molar-refractivity contribution in [1.82, 2.24) is 20.2 Å². The van der Waals surface area contributed by atoms with Gasteiger partial charge in [0.1, 0.15) is 23.9 Å². The number of anilines is 1. The minimum absolute atomic E-state index is 0.257. The van der Waals surface area contributed by atoms with Crippen molar-refractivity contribution in [1.29, 1.82) is 0 Å². The van der Waals surface area contributed by atoms with Crippen LogP contribution >= 0.6 is 23.2 Å². The number of fused-ring (bicyclic) bond motifs is 1. The monoisotopic (exact) mass is 516 g/mol. The molecule has 9 nitrogen and oxygen atoms in total. The standard InChI is InChI=1S/C24H26Cl2N6O3/c1-24(2,3)35-23(34)32-9-8-31(12-20(32)30-22(27)33)21-17-10-16(14-4-6-15(25)7-5-14)18(26)11-19(17)28-13-29-21/h4-7,10-11,13,20H,8-9,12H2,1-3H3,(H3,27,30,33). The van der Waals surface area contributed by atoms with Crippen molar-refractivity contribution in [3.63, 3.8) is 0 Å². The number of piperazine rings is 1. The number of primary amides is 1. The van der Waals surface area contributed by atoms with Gasteiger partial charge in [-0.05, 0) is 50.6 Å². The van der Waals surface area contributed by atoms with E-state index in [2.05, 4.69) is 15.3 Å². The molecule has 1 unspecified atom stereocenters. The number of ether oxygens (including phenoxy) is 1. The van der Waals surface area contributed by atoms with Crippen LogP contribution in [-0.4, -0.2) is 58.4 Å². The predicted octanol–water partition coefficient (Wildman–Crippen LogP) is 4.66. The molecular formula is C24H26Cl2N6O3. The molecule has 3 N–H and O–H groups in total. The Labute approximate surface area is 213 Å². The van der Waals surface area contributed by atoms with Gasteiger partial charge in [-0.3, -0.25) is 4.90 Å². The average molecular weight is 517 g/mol. The predicted molar refractivity (Wildman–Crippen MR) is 137 cm³/mol. The Balaban J connectivity index is 1.69. The molecule has 0 radical (unpaired) electrons. The maximum absolute atomic E-state index is 12.8. The number of aromatic nitrogens is 2. The first-order valence-electron chi connectivity index (χ1n) is 11.0. The highest BCUT2D eigenvalue weighted by Crippen LogP contribution is 2.35. The van der Waals surface area contributed by atoms with Gasteiger partial charge in [0, 0.05) is 29.1 Å². The van der Waals surface area contributed by atoms with Crippen LogP contribution in [0.25, 0.3) is 22.0 Å². The molecule has 11 heteroatoms. The average Bonchev–Trinajstić information content (AvgIpc) is 2.77. The van der Waals surface area contributed by atoms with Crippen molar-refractivity contribution in [2.75, 3.05) is 24.5 Å². The molecule has 2 aromatic carbocycles. The summed E-state index contributed by atoms with van der Waals surface area (Å²) >= 11 is 12.6. The summed E-state index contributed by atoms with van der Waals surface area (Å²) in [6.07, 6.45) is 0.233. The third-order valence-corrected chi connectivity index (χ3v) is 6.04. The molecule has 3 aromatic rings. The summed E-state index contributed by atoms with van der Waals surface area (Å²) in [5, 5.41) is 4.60. The second-order valence-corrected chi connectivity index (χ2v) is 10.0. The number of hydrogen-bond donors (Lipinski definition) is 2. The summed E-state index contributed by atoms with van der Waals surface area (Å²) in [5.74, 6) is 0.655. The molecular weight excluding hydrogens is 491 g/mol. The van der Waals surface area contributed by atoms with E-state index < -0.39 is 23.9 Å². The number of rotatable bonds is 3. The molecule has 0 spiro atoms. The van der Waals surface area contributed by atoms with Gasteiger partial charge < -0.3 is 20.7 Å². The van der Waals surface area contributed by atoms with Crippen molar-refractivity contribution in [2.24, 2.45) is 5.73 Å². The van der Waals surface area contributed by atoms with Gasteiger partial charge >= 0.3 is 12.1 Å². The maximum Gasteiger partial charge on any atom is 0.412 e. The lowest BCUT2D eigenvalue weighted by molar-refractivity contribution is 0.0118. The molecule has 1 aliphatic rings. The fraction of sp³-hybridized carbons (Fsp3) is 0.333. The van der Waals surface area contributed by atoms with E-state index >= 15 is 0 Å². The van der Waals surface area contributed by atoms with Crippen LogP contribution < -0.4 is 16.0 Å². The second-order valence-electron chi connectivity index (χ2n) is 9.20. The van der Waals surface area contributed by atoms with E-state index in [9.17, 15) is 9.59 Å². The highest BCUT2D eigenvalue weighted by molar-refractivity contribution is 6.34. The minimum atomic E-state index is -0.741. The van der Waals surface area contributed by atoms with Crippen molar-refractivity contribution in [3.8, 4) is 11.1 Å². The smallest absolute Gasteiger partial charge is 0.412 e. The van der Waals surface area contributed by atoms with Crippen molar-refractivity contribution in [3.05, 3.63) is 52.8 Å². The van der Waals surface area contributed by atoms with Crippen LogP contribution in [0.5, 0.6) is 0 Å². The molecule has 3 amide bonds. The van der Waals surface area contributed by atoms with Crippen LogP contribution in [0.1, 0.15) is 20.8 Å². The van der Waals surface area contributed by atoms with Crippen LogP contribution in [0, 0.1) is 0 Å². The number of urea groups is 1. The number of nitrogens with zero attached hydrogens (tertiary/aromatic N) is 4. The van der Waals surface area contributed by atoms with E-state index in [1.165, 1.54) is 11.2 Å². The fourth-order valence-corrected chi connectivity index (χ4v) is 4.36. The third-order valence-electron chi connectivity index (χ3n) is 5.48. The molecule has 1 atom stereocenters. The second kappa shape index (κ2) is 9.75. The molecule has 1 fully saturated rings. The lowest BCUT2D eigenvalue weighted by atomic mass is 10.0. The van der Waals surface area contributed by atoms with E-state index in [0.29, 0.717) is 34.5 Å². The van der Waals surface area contributed by atoms with Crippen LogP contribution in [-0.2, 0) is 4.74 Å². The van der Waals surface area contributed by atoms with Gasteiger partial charge in [-0.1, -0.05) is 35.3 Å². The third kappa shape index (κ3) is 5.68. The Bertz CT molecular complexity index is 1260. The molecule has 35 heavy (non-hydrogen) atoms. The quantitative estimate of drug-likeness (QED) is 0.523. The van der Waals surface area contributed by atoms with Gasteiger partial charge in [-0.15, -0.1) is 0 Å². The molecule has 4 rings (SSSR count).